The highest BCUT2D eigenvalue weighted by atomic mass is 32.2. The second-order valence-corrected chi connectivity index (χ2v) is 10.1. The number of phenols is 1. The number of benzene rings is 3. The van der Waals surface area contributed by atoms with Gasteiger partial charge < -0.3 is 10.0 Å². The molecule has 32 heavy (non-hydrogen) atoms. The number of amides is 1. The van der Waals surface area contributed by atoms with Crippen molar-refractivity contribution >= 4 is 15.7 Å². The fourth-order valence-electron chi connectivity index (χ4n) is 4.21. The lowest BCUT2D eigenvalue weighted by atomic mass is 9.87. The van der Waals surface area contributed by atoms with Gasteiger partial charge >= 0.3 is 0 Å². The average Bonchev–Trinajstić information content (AvgIpc) is 2.78. The van der Waals surface area contributed by atoms with E-state index in [2.05, 4.69) is 0 Å². The topological polar surface area (TPSA) is 74.7 Å². The summed E-state index contributed by atoms with van der Waals surface area (Å²) in [6, 6.07) is 17.4. The Kier molecular flexibility index (Phi) is 6.02. The van der Waals surface area contributed by atoms with E-state index in [4.69, 9.17) is 0 Å². The summed E-state index contributed by atoms with van der Waals surface area (Å²) in [6.07, 6.45) is 2.50. The number of hydrogen-bond donors (Lipinski definition) is 1. The van der Waals surface area contributed by atoms with E-state index in [1.807, 2.05) is 24.3 Å². The molecule has 5 nitrogen and oxygen atoms in total. The number of carbonyl (C=O) groups excluding carboxylic acids is 1. The lowest BCUT2D eigenvalue weighted by molar-refractivity contribution is -0.133. The van der Waals surface area contributed by atoms with Gasteiger partial charge in [0, 0.05) is 24.8 Å². The molecule has 1 amide bonds. The number of hydrogen-bond acceptors (Lipinski definition) is 4. The molecule has 3 aromatic rings. The molecule has 0 fully saturated rings. The van der Waals surface area contributed by atoms with Crippen LogP contribution in [0.25, 0.3) is 0 Å². The largest absolute Gasteiger partial charge is 0.508 e. The predicted molar refractivity (Wildman–Crippen MR) is 120 cm³/mol. The van der Waals surface area contributed by atoms with Crippen LogP contribution in [-0.2, 0) is 27.5 Å². The van der Waals surface area contributed by atoms with Gasteiger partial charge in [0.15, 0.2) is 9.84 Å². The second kappa shape index (κ2) is 8.74. The molecule has 0 aliphatic carbocycles. The quantitative estimate of drug-likeness (QED) is 0.633. The summed E-state index contributed by atoms with van der Waals surface area (Å²) in [5.74, 6) is -0.637. The standard InChI is InChI=1S/C25H24FNO4S/c1-32(30,31)20-10-6-17(7-11-20)8-13-24(29)27-15-14-18-4-2-3-5-21(18)25(27)22-16-19(26)9-12-23(22)28/h2-7,9-12,16,25,28H,8,13-15H2,1H3. The first-order chi connectivity index (χ1) is 15.2. The van der Waals surface area contributed by atoms with Crippen molar-refractivity contribution in [1.82, 2.24) is 4.90 Å². The Morgan fingerprint density at radius 3 is 2.50 bits per heavy atom. The van der Waals surface area contributed by atoms with Crippen LogP contribution < -0.4 is 0 Å². The summed E-state index contributed by atoms with van der Waals surface area (Å²) in [7, 11) is -3.27. The smallest absolute Gasteiger partial charge is 0.223 e. The Labute approximate surface area is 187 Å². The van der Waals surface area contributed by atoms with E-state index in [0.717, 1.165) is 22.9 Å². The minimum absolute atomic E-state index is 0.0535. The van der Waals surface area contributed by atoms with Gasteiger partial charge in [-0.15, -0.1) is 0 Å². The first kappa shape index (κ1) is 22.0. The van der Waals surface area contributed by atoms with Gasteiger partial charge in [0.1, 0.15) is 11.6 Å². The van der Waals surface area contributed by atoms with Gasteiger partial charge in [-0.3, -0.25) is 4.79 Å². The van der Waals surface area contributed by atoms with Crippen LogP contribution in [0.1, 0.15) is 34.7 Å². The van der Waals surface area contributed by atoms with Crippen LogP contribution in [0, 0.1) is 5.82 Å². The molecule has 0 bridgehead atoms. The Hall–Kier alpha value is -3.19. The summed E-state index contributed by atoms with van der Waals surface area (Å²) in [6.45, 7) is 0.462. The molecule has 1 atom stereocenters. The molecule has 0 saturated carbocycles. The van der Waals surface area contributed by atoms with Gasteiger partial charge in [-0.25, -0.2) is 12.8 Å². The Bertz CT molecular complexity index is 1260. The van der Waals surface area contributed by atoms with Crippen molar-refractivity contribution in [1.29, 1.82) is 0 Å². The molecule has 0 saturated heterocycles. The molecule has 166 valence electrons. The zero-order valence-electron chi connectivity index (χ0n) is 17.7. The third-order valence-electron chi connectivity index (χ3n) is 5.87. The van der Waals surface area contributed by atoms with Gasteiger partial charge in [0.2, 0.25) is 5.91 Å². The van der Waals surface area contributed by atoms with Crippen molar-refractivity contribution in [3.05, 3.63) is 94.8 Å². The lowest BCUT2D eigenvalue weighted by Gasteiger charge is -2.38. The van der Waals surface area contributed by atoms with Crippen molar-refractivity contribution in [3.63, 3.8) is 0 Å². The van der Waals surface area contributed by atoms with Crippen LogP contribution in [0.2, 0.25) is 0 Å². The number of phenolic OH excluding ortho intramolecular Hbond substituents is 1. The molecule has 1 N–H and O–H groups in total. The highest BCUT2D eigenvalue weighted by Crippen LogP contribution is 2.39. The van der Waals surface area contributed by atoms with E-state index in [9.17, 15) is 22.7 Å². The minimum atomic E-state index is -3.27. The number of nitrogens with zero attached hydrogens (tertiary/aromatic N) is 1. The van der Waals surface area contributed by atoms with Gasteiger partial charge in [0.05, 0.1) is 10.9 Å². The minimum Gasteiger partial charge on any atom is -0.508 e. The van der Waals surface area contributed by atoms with Gasteiger partial charge in [-0.2, -0.15) is 0 Å². The van der Waals surface area contributed by atoms with Crippen LogP contribution in [0.3, 0.4) is 0 Å². The zero-order valence-corrected chi connectivity index (χ0v) is 18.5. The monoisotopic (exact) mass is 453 g/mol. The van der Waals surface area contributed by atoms with Crippen LogP contribution in [0.5, 0.6) is 5.75 Å². The van der Waals surface area contributed by atoms with E-state index in [1.54, 1.807) is 29.2 Å². The van der Waals surface area contributed by atoms with Crippen molar-refractivity contribution < 1.29 is 22.7 Å². The van der Waals surface area contributed by atoms with Crippen molar-refractivity contribution in [2.75, 3.05) is 12.8 Å². The number of rotatable bonds is 5. The number of halogens is 1. The third-order valence-corrected chi connectivity index (χ3v) is 7.00. The highest BCUT2D eigenvalue weighted by Gasteiger charge is 2.33. The lowest BCUT2D eigenvalue weighted by Crippen LogP contribution is -2.40. The van der Waals surface area contributed by atoms with Crippen molar-refractivity contribution in [2.24, 2.45) is 0 Å². The van der Waals surface area contributed by atoms with Gasteiger partial charge in [-0.1, -0.05) is 36.4 Å². The second-order valence-electron chi connectivity index (χ2n) is 8.06. The van der Waals surface area contributed by atoms with E-state index >= 15 is 0 Å². The van der Waals surface area contributed by atoms with E-state index in [-0.39, 0.29) is 23.0 Å². The Morgan fingerprint density at radius 2 is 1.78 bits per heavy atom. The van der Waals surface area contributed by atoms with Crippen molar-refractivity contribution in [3.8, 4) is 5.75 Å². The first-order valence-electron chi connectivity index (χ1n) is 10.4. The molecular formula is C25H24FNO4S. The molecule has 0 aromatic heterocycles. The molecule has 1 aliphatic heterocycles. The van der Waals surface area contributed by atoms with Gasteiger partial charge in [0.25, 0.3) is 0 Å². The molecule has 3 aromatic carbocycles. The molecule has 7 heteroatoms. The number of aromatic hydroxyl groups is 1. The highest BCUT2D eigenvalue weighted by molar-refractivity contribution is 7.90. The normalized spacial score (nSPS) is 15.9. The summed E-state index contributed by atoms with van der Waals surface area (Å²) in [4.78, 5) is 15.2. The fourth-order valence-corrected chi connectivity index (χ4v) is 4.84. The zero-order chi connectivity index (χ0) is 22.9. The van der Waals surface area contributed by atoms with Crippen LogP contribution >= 0.6 is 0 Å². The van der Waals surface area contributed by atoms with E-state index in [1.165, 1.54) is 18.2 Å². The molecule has 1 unspecified atom stereocenters. The first-order valence-corrected chi connectivity index (χ1v) is 12.3. The summed E-state index contributed by atoms with van der Waals surface area (Å²) in [5, 5.41) is 10.5. The van der Waals surface area contributed by atoms with Crippen LogP contribution in [0.4, 0.5) is 4.39 Å². The Morgan fingerprint density at radius 1 is 1.06 bits per heavy atom. The van der Waals surface area contributed by atoms with Crippen LogP contribution in [-0.4, -0.2) is 37.1 Å². The summed E-state index contributed by atoms with van der Waals surface area (Å²) < 4.78 is 37.3. The summed E-state index contributed by atoms with van der Waals surface area (Å²) in [5.41, 5.74) is 3.17. The predicted octanol–water partition coefficient (Wildman–Crippen LogP) is 4.04. The summed E-state index contributed by atoms with van der Waals surface area (Å²) >= 11 is 0. The number of carbonyl (C=O) groups is 1. The maximum absolute atomic E-state index is 14.0. The average molecular weight is 454 g/mol. The van der Waals surface area contributed by atoms with Gasteiger partial charge in [-0.05, 0) is 59.9 Å². The Balaban J connectivity index is 1.60. The molecular weight excluding hydrogens is 429 g/mol. The number of sulfone groups is 1. The third kappa shape index (κ3) is 4.53. The number of aryl methyl sites for hydroxylation is 1. The maximum Gasteiger partial charge on any atom is 0.223 e. The molecule has 1 heterocycles. The van der Waals surface area contributed by atoms with Crippen LogP contribution in [0.15, 0.2) is 71.6 Å². The fraction of sp³-hybridized carbons (Fsp3) is 0.240. The molecule has 0 radical (unpaired) electrons. The van der Waals surface area contributed by atoms with E-state index in [0.29, 0.717) is 24.9 Å². The molecule has 1 aliphatic rings. The molecule has 4 rings (SSSR count). The number of fused-ring (bicyclic) bond motifs is 1. The SMILES string of the molecule is CS(=O)(=O)c1ccc(CCC(=O)N2CCc3ccccc3C2c2cc(F)ccc2O)cc1. The molecule has 0 spiro atoms. The van der Waals surface area contributed by atoms with Crippen molar-refractivity contribution in [2.45, 2.75) is 30.2 Å². The maximum atomic E-state index is 14.0. The van der Waals surface area contributed by atoms with E-state index < -0.39 is 21.7 Å².